The van der Waals surface area contributed by atoms with Crippen LogP contribution in [0.4, 0.5) is 0 Å². The first-order valence-corrected chi connectivity index (χ1v) is 11.0. The third-order valence-electron chi connectivity index (χ3n) is 3.55. The van der Waals surface area contributed by atoms with Crippen molar-refractivity contribution in [2.45, 2.75) is 17.1 Å². The summed E-state index contributed by atoms with van der Waals surface area (Å²) in [5.41, 5.74) is 2.17. The minimum absolute atomic E-state index is 0.694. The van der Waals surface area contributed by atoms with Crippen LogP contribution in [0, 0.1) is 0 Å². The van der Waals surface area contributed by atoms with Crippen LogP contribution in [0.25, 0.3) is 5.57 Å². The zero-order valence-corrected chi connectivity index (χ0v) is 17.7. The molecule has 28 heavy (non-hydrogen) atoms. The van der Waals surface area contributed by atoms with Gasteiger partial charge in [0.2, 0.25) is 0 Å². The smallest absolute Gasteiger partial charge is 0.414 e. The number of aromatic nitrogens is 2. The van der Waals surface area contributed by atoms with Gasteiger partial charge in [-0.05, 0) is 36.9 Å². The van der Waals surface area contributed by atoms with E-state index in [-0.39, 0.29) is 0 Å². The number of likely N-dealkylation sites (N-methyl/N-ethyl adjacent to an activating group) is 1. The number of hydrogen-bond donors (Lipinski definition) is 2. The van der Waals surface area contributed by atoms with Gasteiger partial charge in [0, 0.05) is 18.8 Å². The molecule has 3 heterocycles. The van der Waals surface area contributed by atoms with Gasteiger partial charge in [0.05, 0.1) is 22.5 Å². The van der Waals surface area contributed by atoms with Crippen molar-refractivity contribution in [2.75, 3.05) is 32.5 Å². The van der Waals surface area contributed by atoms with Crippen molar-refractivity contribution < 1.29 is 24.5 Å². The first kappa shape index (κ1) is 22.3. The predicted molar refractivity (Wildman–Crippen MR) is 110 cm³/mol. The molecule has 8 nitrogen and oxygen atoms in total. The van der Waals surface area contributed by atoms with E-state index in [4.69, 9.17) is 24.5 Å². The molecule has 11 heteroatoms. The highest BCUT2D eigenvalue weighted by Crippen LogP contribution is 2.27. The number of rotatable bonds is 7. The highest BCUT2D eigenvalue weighted by atomic mass is 32.2. The van der Waals surface area contributed by atoms with E-state index in [0.29, 0.717) is 12.5 Å². The molecule has 0 atom stereocenters. The van der Waals surface area contributed by atoms with Gasteiger partial charge in [-0.1, -0.05) is 12.1 Å². The first-order valence-electron chi connectivity index (χ1n) is 8.43. The number of carbonyl (C=O) groups is 2. The maximum atomic E-state index is 9.10. The Hall–Kier alpha value is -1.95. The molecule has 1 aliphatic heterocycles. The Labute approximate surface area is 175 Å². The molecule has 0 bridgehead atoms. The third-order valence-corrected chi connectivity index (χ3v) is 6.28. The van der Waals surface area contributed by atoms with E-state index in [1.807, 2.05) is 11.8 Å². The standard InChI is InChI=1S/C15H19N3OS3.C2H2O4/c1-18-7-2-5-12(11-18)14-15(17-22-16-14)19-8-4-10-21-13-6-3-9-20-13;3-1(4)2(5)6/h3,5-6,9H,2,4,7-8,10-11H2,1H3;(H,3,4)(H,5,6). The monoisotopic (exact) mass is 443 g/mol. The van der Waals surface area contributed by atoms with Gasteiger partial charge in [-0.15, -0.1) is 27.5 Å². The second-order valence-electron chi connectivity index (χ2n) is 5.77. The highest BCUT2D eigenvalue weighted by Gasteiger charge is 2.18. The Bertz CT molecular complexity index is 780. The fraction of sp³-hybridized carbons (Fsp3) is 0.412. The maximum Gasteiger partial charge on any atom is 0.414 e. The van der Waals surface area contributed by atoms with E-state index in [1.165, 1.54) is 21.5 Å². The summed E-state index contributed by atoms with van der Waals surface area (Å²) in [6.07, 6.45) is 4.34. The van der Waals surface area contributed by atoms with Crippen LogP contribution in [0.1, 0.15) is 18.5 Å². The van der Waals surface area contributed by atoms with Crippen LogP contribution in [-0.2, 0) is 9.59 Å². The predicted octanol–water partition coefficient (Wildman–Crippen LogP) is 3.04. The zero-order chi connectivity index (χ0) is 20.4. The minimum Gasteiger partial charge on any atom is -0.475 e. The fourth-order valence-corrected chi connectivity index (χ4v) is 4.59. The van der Waals surface area contributed by atoms with E-state index >= 15 is 0 Å². The van der Waals surface area contributed by atoms with Gasteiger partial charge in [0.15, 0.2) is 0 Å². The Kier molecular flexibility index (Phi) is 9.41. The largest absolute Gasteiger partial charge is 0.475 e. The van der Waals surface area contributed by atoms with Crippen molar-refractivity contribution in [1.82, 2.24) is 13.6 Å². The molecule has 0 fully saturated rings. The lowest BCUT2D eigenvalue weighted by molar-refractivity contribution is -0.159. The Morgan fingerprint density at radius 1 is 1.32 bits per heavy atom. The molecule has 152 valence electrons. The number of thiophene rings is 1. The Morgan fingerprint density at radius 2 is 2.11 bits per heavy atom. The minimum atomic E-state index is -1.82. The van der Waals surface area contributed by atoms with E-state index in [0.717, 1.165) is 37.4 Å². The molecule has 0 saturated heterocycles. The quantitative estimate of drug-likeness (QED) is 0.379. The lowest BCUT2D eigenvalue weighted by Crippen LogP contribution is -2.25. The SMILES string of the molecule is CN1CCC=C(c2nsnc2OCCCSc2cccs2)C1.O=C(O)C(=O)O. The van der Waals surface area contributed by atoms with Gasteiger partial charge in [-0.25, -0.2) is 9.59 Å². The molecule has 0 amide bonds. The molecule has 0 spiro atoms. The average molecular weight is 444 g/mol. The summed E-state index contributed by atoms with van der Waals surface area (Å²) >= 11 is 4.91. The van der Waals surface area contributed by atoms with E-state index in [2.05, 4.69) is 44.3 Å². The molecule has 3 rings (SSSR count). The van der Waals surface area contributed by atoms with Crippen molar-refractivity contribution in [3.8, 4) is 5.88 Å². The molecule has 0 aromatic carbocycles. The number of hydrogen-bond acceptors (Lipinski definition) is 9. The van der Waals surface area contributed by atoms with Crippen molar-refractivity contribution >= 4 is 52.3 Å². The third kappa shape index (κ3) is 7.58. The normalized spacial score (nSPS) is 14.0. The number of nitrogens with zero attached hydrogens (tertiary/aromatic N) is 3. The van der Waals surface area contributed by atoms with Crippen LogP contribution < -0.4 is 4.74 Å². The summed E-state index contributed by atoms with van der Waals surface area (Å²) in [5, 5.41) is 16.9. The zero-order valence-electron chi connectivity index (χ0n) is 15.2. The molecule has 0 aliphatic carbocycles. The maximum absolute atomic E-state index is 9.10. The number of carboxylic acids is 2. The summed E-state index contributed by atoms with van der Waals surface area (Å²) < 4.78 is 15.9. The molecule has 0 unspecified atom stereocenters. The van der Waals surface area contributed by atoms with E-state index in [9.17, 15) is 0 Å². The summed E-state index contributed by atoms with van der Waals surface area (Å²) in [5.74, 6) is -1.88. The molecule has 1 aliphatic rings. The van der Waals surface area contributed by atoms with Crippen LogP contribution in [0.3, 0.4) is 0 Å². The van der Waals surface area contributed by atoms with Crippen molar-refractivity contribution in [3.05, 3.63) is 29.3 Å². The number of thioether (sulfide) groups is 1. The average Bonchev–Trinajstić information content (AvgIpc) is 3.33. The number of carboxylic acid groups (broad SMARTS) is 2. The summed E-state index contributed by atoms with van der Waals surface area (Å²) in [6.45, 7) is 2.73. The molecule has 0 saturated carbocycles. The van der Waals surface area contributed by atoms with Gasteiger partial charge < -0.3 is 19.8 Å². The summed E-state index contributed by atoms with van der Waals surface area (Å²) in [6, 6.07) is 4.25. The van der Waals surface area contributed by atoms with E-state index in [1.54, 1.807) is 11.3 Å². The number of ether oxygens (including phenoxy) is 1. The van der Waals surface area contributed by atoms with Gasteiger partial charge in [-0.3, -0.25) is 0 Å². The van der Waals surface area contributed by atoms with Crippen LogP contribution in [0.2, 0.25) is 0 Å². The Balaban J connectivity index is 0.000000409. The van der Waals surface area contributed by atoms with Crippen LogP contribution in [-0.4, -0.2) is 68.3 Å². The van der Waals surface area contributed by atoms with Gasteiger partial charge in [0.25, 0.3) is 5.88 Å². The highest BCUT2D eigenvalue weighted by molar-refractivity contribution is 8.01. The molecule has 2 aromatic heterocycles. The van der Waals surface area contributed by atoms with Gasteiger partial charge in [0.1, 0.15) is 5.69 Å². The second kappa shape index (κ2) is 11.8. The van der Waals surface area contributed by atoms with E-state index < -0.39 is 11.9 Å². The molecular formula is C17H21N3O5S3. The summed E-state index contributed by atoms with van der Waals surface area (Å²) in [7, 11) is 2.13. The van der Waals surface area contributed by atoms with Gasteiger partial charge >= 0.3 is 11.9 Å². The fourth-order valence-electron chi connectivity index (χ4n) is 2.28. The van der Waals surface area contributed by atoms with Crippen molar-refractivity contribution in [3.63, 3.8) is 0 Å². The van der Waals surface area contributed by atoms with Crippen LogP contribution in [0.15, 0.2) is 27.8 Å². The van der Waals surface area contributed by atoms with Crippen molar-refractivity contribution in [2.24, 2.45) is 0 Å². The number of aliphatic carboxylic acids is 2. The van der Waals surface area contributed by atoms with Gasteiger partial charge in [-0.2, -0.15) is 4.37 Å². The van der Waals surface area contributed by atoms with Crippen LogP contribution in [0.5, 0.6) is 5.88 Å². The molecule has 0 radical (unpaired) electrons. The first-order chi connectivity index (χ1) is 13.5. The Morgan fingerprint density at radius 3 is 2.75 bits per heavy atom. The van der Waals surface area contributed by atoms with Crippen molar-refractivity contribution in [1.29, 1.82) is 0 Å². The van der Waals surface area contributed by atoms with Crippen LogP contribution >= 0.6 is 34.8 Å². The molecule has 2 aromatic rings. The topological polar surface area (TPSA) is 113 Å². The lowest BCUT2D eigenvalue weighted by atomic mass is 10.1. The summed E-state index contributed by atoms with van der Waals surface area (Å²) in [4.78, 5) is 20.5. The molecule has 2 N–H and O–H groups in total. The molecular weight excluding hydrogens is 422 g/mol. The lowest BCUT2D eigenvalue weighted by Gasteiger charge is -2.22. The second-order valence-corrected chi connectivity index (χ2v) is 8.64.